The molecule has 3 aromatic carbocycles. The highest BCUT2D eigenvalue weighted by molar-refractivity contribution is 8.21. The van der Waals surface area contributed by atoms with Crippen LogP contribution in [0.15, 0.2) is 77.6 Å². The molecule has 0 amide bonds. The molecule has 3 nitrogen and oxygen atoms in total. The van der Waals surface area contributed by atoms with Crippen molar-refractivity contribution in [1.82, 2.24) is 0 Å². The van der Waals surface area contributed by atoms with Crippen molar-refractivity contribution in [3.8, 4) is 0 Å². The van der Waals surface area contributed by atoms with Crippen molar-refractivity contribution in [3.63, 3.8) is 0 Å². The minimum Gasteiger partial charge on any atom is -0.378 e. The van der Waals surface area contributed by atoms with Crippen molar-refractivity contribution >= 4 is 45.8 Å². The lowest BCUT2D eigenvalue weighted by atomic mass is 10.1. The van der Waals surface area contributed by atoms with Gasteiger partial charge in [-0.1, -0.05) is 66.4 Å². The van der Waals surface area contributed by atoms with Crippen molar-refractivity contribution in [2.24, 2.45) is 4.76 Å². The Bertz CT molecular complexity index is 1120. The van der Waals surface area contributed by atoms with E-state index >= 15 is 0 Å². The summed E-state index contributed by atoms with van der Waals surface area (Å²) in [6.07, 6.45) is -2.27. The molecule has 0 fully saturated rings. The van der Waals surface area contributed by atoms with E-state index in [2.05, 4.69) is 90.6 Å². The minimum absolute atomic E-state index is 0.850. The van der Waals surface area contributed by atoms with E-state index in [9.17, 15) is 0 Å². The monoisotopic (exact) mass is 389 g/mol. The van der Waals surface area contributed by atoms with Crippen LogP contribution in [0, 0.1) is 0 Å². The van der Waals surface area contributed by atoms with Crippen LogP contribution < -0.4 is 20.4 Å². The van der Waals surface area contributed by atoms with Crippen LogP contribution in [-0.2, 0) is 18.4 Å². The second kappa shape index (κ2) is 6.05. The van der Waals surface area contributed by atoms with Crippen LogP contribution in [0.5, 0.6) is 0 Å². The minimum atomic E-state index is -2.27. The second-order valence-corrected chi connectivity index (χ2v) is 11.1. The summed E-state index contributed by atoms with van der Waals surface area (Å²) >= 11 is 6.32. The number of benzene rings is 3. The van der Waals surface area contributed by atoms with E-state index < -0.39 is 6.19 Å². The molecule has 134 valence electrons. The largest absolute Gasteiger partial charge is 0.378 e. The number of hydrogen-bond acceptors (Lipinski definition) is 3. The summed E-state index contributed by atoms with van der Waals surface area (Å²) in [4.78, 5) is 4.47. The van der Waals surface area contributed by atoms with Gasteiger partial charge in [0, 0.05) is 36.0 Å². The topological polar surface area (TPSA) is 18.8 Å². The first-order valence-electron chi connectivity index (χ1n) is 9.01. The lowest BCUT2D eigenvalue weighted by molar-refractivity contribution is 1.05. The maximum atomic E-state index is 6.32. The molecule has 1 unspecified atom stereocenters. The zero-order valence-electron chi connectivity index (χ0n) is 15.3. The molecule has 0 aliphatic carbocycles. The van der Waals surface area contributed by atoms with Crippen molar-refractivity contribution in [1.29, 1.82) is 0 Å². The number of hydrogen-bond donors (Lipinski definition) is 0. The Kier molecular flexibility index (Phi) is 3.75. The quantitative estimate of drug-likeness (QED) is 0.620. The Morgan fingerprint density at radius 3 is 2.48 bits per heavy atom. The predicted molar refractivity (Wildman–Crippen MR) is 120 cm³/mol. The molecule has 0 saturated heterocycles. The van der Waals surface area contributed by atoms with E-state index in [1.54, 1.807) is 0 Å². The lowest BCUT2D eigenvalue weighted by Gasteiger charge is -2.34. The van der Waals surface area contributed by atoms with E-state index in [-0.39, 0.29) is 0 Å². The summed E-state index contributed by atoms with van der Waals surface area (Å²) in [6.45, 7) is 0.850. The highest BCUT2D eigenvalue weighted by Crippen LogP contribution is 2.53. The predicted octanol–water partition coefficient (Wildman–Crippen LogP) is 3.88. The zero-order valence-corrected chi connectivity index (χ0v) is 17.0. The number of rotatable bonds is 2. The summed E-state index contributed by atoms with van der Waals surface area (Å²) < 4.78 is 5.26. The molecule has 5 heteroatoms. The van der Waals surface area contributed by atoms with Gasteiger partial charge in [-0.2, -0.15) is 0 Å². The lowest BCUT2D eigenvalue weighted by Crippen LogP contribution is -2.35. The third-order valence-electron chi connectivity index (χ3n) is 5.28. The highest BCUT2D eigenvalue weighted by atomic mass is 32.4. The Morgan fingerprint density at radius 1 is 0.963 bits per heavy atom. The molecular formula is C22H20N3PS. The summed E-state index contributed by atoms with van der Waals surface area (Å²) in [5.74, 6) is 1.03. The number of nitrogens with zero attached hydrogens (tertiary/aromatic N) is 3. The third kappa shape index (κ3) is 2.48. The highest BCUT2D eigenvalue weighted by Gasteiger charge is 2.38. The average Bonchev–Trinajstić information content (AvgIpc) is 3.07. The Morgan fingerprint density at radius 2 is 1.70 bits per heavy atom. The Labute approximate surface area is 165 Å². The third-order valence-corrected chi connectivity index (χ3v) is 9.24. The molecule has 2 aliphatic rings. The van der Waals surface area contributed by atoms with E-state index in [0.29, 0.717) is 0 Å². The fourth-order valence-corrected chi connectivity index (χ4v) is 7.24. The Hall–Kier alpha value is -2.42. The van der Waals surface area contributed by atoms with E-state index in [1.165, 1.54) is 27.8 Å². The Balaban J connectivity index is 1.81. The van der Waals surface area contributed by atoms with Gasteiger partial charge < -0.3 is 9.80 Å². The van der Waals surface area contributed by atoms with Crippen LogP contribution in [0.25, 0.3) is 0 Å². The van der Waals surface area contributed by atoms with E-state index in [0.717, 1.165) is 17.7 Å². The second-order valence-electron chi connectivity index (χ2n) is 7.15. The molecule has 0 saturated carbocycles. The maximum Gasteiger partial charge on any atom is 0.141 e. The maximum absolute atomic E-state index is 6.32. The van der Waals surface area contributed by atoms with Gasteiger partial charge >= 0.3 is 0 Å². The molecule has 5 rings (SSSR count). The van der Waals surface area contributed by atoms with Gasteiger partial charge in [0.15, 0.2) is 0 Å². The van der Waals surface area contributed by atoms with Gasteiger partial charge in [-0.3, -0.25) is 0 Å². The zero-order chi connectivity index (χ0) is 18.6. The number of fused-ring (bicyclic) bond motifs is 5. The summed E-state index contributed by atoms with van der Waals surface area (Å²) in [6, 6.07) is 25.6. The first-order chi connectivity index (χ1) is 13.1. The molecule has 1 atom stereocenters. The fourth-order valence-electron chi connectivity index (χ4n) is 3.85. The van der Waals surface area contributed by atoms with Crippen LogP contribution >= 0.6 is 6.19 Å². The van der Waals surface area contributed by atoms with E-state index in [4.69, 9.17) is 16.6 Å². The average molecular weight is 389 g/mol. The molecule has 3 aromatic rings. The standard InChI is InChI=1S/C22H20N3PS/c1-24(2)17-12-13-21-20(14-17)25-15-16-8-6-7-11-19(16)22(25)23-26(21,27)18-9-4-3-5-10-18/h3-14H,15H2,1-2H3. The normalized spacial score (nSPS) is 19.8. The van der Waals surface area contributed by atoms with Crippen LogP contribution in [0.1, 0.15) is 11.1 Å². The van der Waals surface area contributed by atoms with Gasteiger partial charge in [0.25, 0.3) is 0 Å². The van der Waals surface area contributed by atoms with Crippen molar-refractivity contribution < 1.29 is 0 Å². The first-order valence-corrected chi connectivity index (χ1v) is 11.8. The molecule has 0 bridgehead atoms. The van der Waals surface area contributed by atoms with E-state index in [1.807, 2.05) is 6.07 Å². The molecule has 27 heavy (non-hydrogen) atoms. The van der Waals surface area contributed by atoms with Gasteiger partial charge in [-0.05, 0) is 23.8 Å². The summed E-state index contributed by atoms with van der Waals surface area (Å²) in [5.41, 5.74) is 4.91. The first kappa shape index (κ1) is 16.7. The SMILES string of the molecule is CN(C)c1ccc2c(c1)N1Cc3ccccc3C1=NP2(=S)c1ccccc1. The van der Waals surface area contributed by atoms with Gasteiger partial charge in [-0.15, -0.1) is 0 Å². The van der Waals surface area contributed by atoms with Crippen LogP contribution in [0.4, 0.5) is 11.4 Å². The van der Waals surface area contributed by atoms with Crippen molar-refractivity contribution in [3.05, 3.63) is 83.9 Å². The van der Waals surface area contributed by atoms with Crippen molar-refractivity contribution in [2.45, 2.75) is 6.54 Å². The van der Waals surface area contributed by atoms with Crippen LogP contribution in [-0.4, -0.2) is 19.9 Å². The molecular weight excluding hydrogens is 369 g/mol. The summed E-state index contributed by atoms with van der Waals surface area (Å²) in [5, 5.41) is 2.33. The molecule has 0 aromatic heterocycles. The van der Waals surface area contributed by atoms with Crippen molar-refractivity contribution in [2.75, 3.05) is 23.9 Å². The molecule has 2 aliphatic heterocycles. The van der Waals surface area contributed by atoms with Gasteiger partial charge in [0.2, 0.25) is 0 Å². The number of amidine groups is 1. The van der Waals surface area contributed by atoms with Crippen LogP contribution in [0.3, 0.4) is 0 Å². The molecule has 0 spiro atoms. The van der Waals surface area contributed by atoms with Gasteiger partial charge in [0.1, 0.15) is 12.0 Å². The number of anilines is 2. The molecule has 0 radical (unpaired) electrons. The van der Waals surface area contributed by atoms with Gasteiger partial charge in [-0.25, -0.2) is 4.76 Å². The molecule has 0 N–H and O–H groups in total. The molecule has 2 heterocycles. The smallest absolute Gasteiger partial charge is 0.141 e. The van der Waals surface area contributed by atoms with Gasteiger partial charge in [0.05, 0.1) is 12.2 Å². The van der Waals surface area contributed by atoms with Crippen LogP contribution in [0.2, 0.25) is 0 Å². The summed E-state index contributed by atoms with van der Waals surface area (Å²) in [7, 11) is 4.15. The fraction of sp³-hybridized carbons (Fsp3) is 0.136.